The van der Waals surface area contributed by atoms with Crippen LogP contribution in [0.3, 0.4) is 0 Å². The Bertz CT molecular complexity index is 1250. The third-order valence-corrected chi connectivity index (χ3v) is 6.24. The van der Waals surface area contributed by atoms with E-state index < -0.39 is 0 Å². The maximum Gasteiger partial charge on any atom is 0.409 e. The van der Waals surface area contributed by atoms with Gasteiger partial charge in [0.05, 0.1) is 22.8 Å². The lowest BCUT2D eigenvalue weighted by molar-refractivity contribution is 0.0560. The first-order valence-corrected chi connectivity index (χ1v) is 11.9. The standard InChI is InChI=1S/C26H27ClN4O4/c1-3-14-35-26(34)31-12-10-30(11-13-31)25(33)19-8-9-20-21(27)16-22(29-23(20)15-19)17-4-6-18(7-5-17)24(32)28-2/h4-9,15-16H,3,10-14H2,1-2H3,(H,28,32). The number of hydrogen-bond donors (Lipinski definition) is 1. The van der Waals surface area contributed by atoms with Gasteiger partial charge in [-0.25, -0.2) is 9.78 Å². The fourth-order valence-corrected chi connectivity index (χ4v) is 4.22. The Labute approximate surface area is 208 Å². The van der Waals surface area contributed by atoms with Crippen molar-refractivity contribution in [3.05, 3.63) is 64.7 Å². The minimum atomic E-state index is -0.334. The second kappa shape index (κ2) is 10.7. The zero-order valence-electron chi connectivity index (χ0n) is 19.7. The van der Waals surface area contributed by atoms with Crippen molar-refractivity contribution in [1.29, 1.82) is 0 Å². The van der Waals surface area contributed by atoms with E-state index in [-0.39, 0.29) is 17.9 Å². The van der Waals surface area contributed by atoms with Crippen molar-refractivity contribution in [3.8, 4) is 11.3 Å². The molecule has 1 aromatic heterocycles. The molecule has 35 heavy (non-hydrogen) atoms. The van der Waals surface area contributed by atoms with E-state index in [9.17, 15) is 14.4 Å². The summed E-state index contributed by atoms with van der Waals surface area (Å²) in [4.78, 5) is 45.1. The maximum atomic E-state index is 13.2. The topological polar surface area (TPSA) is 91.8 Å². The second-order valence-electron chi connectivity index (χ2n) is 8.27. The van der Waals surface area contributed by atoms with Gasteiger partial charge in [-0.3, -0.25) is 9.59 Å². The molecule has 0 atom stereocenters. The summed E-state index contributed by atoms with van der Waals surface area (Å²) < 4.78 is 5.18. The normalized spacial score (nSPS) is 13.6. The Morgan fingerprint density at radius 3 is 2.29 bits per heavy atom. The van der Waals surface area contributed by atoms with Crippen LogP contribution in [0.1, 0.15) is 34.1 Å². The van der Waals surface area contributed by atoms with Crippen LogP contribution >= 0.6 is 11.6 Å². The van der Waals surface area contributed by atoms with Crippen LogP contribution in [0, 0.1) is 0 Å². The predicted molar refractivity (Wildman–Crippen MR) is 135 cm³/mol. The maximum absolute atomic E-state index is 13.2. The largest absolute Gasteiger partial charge is 0.449 e. The van der Waals surface area contributed by atoms with Gasteiger partial charge in [0.1, 0.15) is 0 Å². The molecule has 0 radical (unpaired) electrons. The molecule has 1 N–H and O–H groups in total. The number of fused-ring (bicyclic) bond motifs is 1. The van der Waals surface area contributed by atoms with Gasteiger partial charge in [0.15, 0.2) is 0 Å². The summed E-state index contributed by atoms with van der Waals surface area (Å²) in [5, 5.41) is 3.87. The Morgan fingerprint density at radius 2 is 1.63 bits per heavy atom. The van der Waals surface area contributed by atoms with Crippen LogP contribution in [0.15, 0.2) is 48.5 Å². The van der Waals surface area contributed by atoms with Crippen LogP contribution in [0.4, 0.5) is 4.79 Å². The van der Waals surface area contributed by atoms with Gasteiger partial charge in [-0.2, -0.15) is 0 Å². The molecule has 3 amide bonds. The monoisotopic (exact) mass is 494 g/mol. The highest BCUT2D eigenvalue weighted by Crippen LogP contribution is 2.29. The van der Waals surface area contributed by atoms with Gasteiger partial charge in [-0.1, -0.05) is 36.7 Å². The number of benzene rings is 2. The summed E-state index contributed by atoms with van der Waals surface area (Å²) in [6.45, 7) is 4.07. The minimum absolute atomic E-state index is 0.119. The quantitative estimate of drug-likeness (QED) is 0.573. The number of hydrogen-bond acceptors (Lipinski definition) is 5. The average molecular weight is 495 g/mol. The van der Waals surface area contributed by atoms with Gasteiger partial charge < -0.3 is 19.9 Å². The van der Waals surface area contributed by atoms with Crippen LogP contribution in [-0.4, -0.2) is 72.5 Å². The molecule has 0 aliphatic carbocycles. The van der Waals surface area contributed by atoms with Crippen molar-refractivity contribution in [2.45, 2.75) is 13.3 Å². The highest BCUT2D eigenvalue weighted by molar-refractivity contribution is 6.35. The molecular weight excluding hydrogens is 468 g/mol. The fourth-order valence-electron chi connectivity index (χ4n) is 3.96. The number of piperazine rings is 1. The van der Waals surface area contributed by atoms with Gasteiger partial charge in [0.2, 0.25) is 0 Å². The number of pyridine rings is 1. The SMILES string of the molecule is CCCOC(=O)N1CCN(C(=O)c2ccc3c(Cl)cc(-c4ccc(C(=O)NC)cc4)nc3c2)CC1. The van der Waals surface area contributed by atoms with E-state index in [0.29, 0.717) is 60.1 Å². The first-order chi connectivity index (χ1) is 16.9. The Kier molecular flexibility index (Phi) is 7.51. The molecule has 3 aromatic rings. The van der Waals surface area contributed by atoms with Crippen molar-refractivity contribution in [1.82, 2.24) is 20.1 Å². The van der Waals surface area contributed by atoms with E-state index in [0.717, 1.165) is 17.4 Å². The summed E-state index contributed by atoms with van der Waals surface area (Å²) in [6.07, 6.45) is 0.437. The smallest absolute Gasteiger partial charge is 0.409 e. The number of carbonyl (C=O) groups excluding carboxylic acids is 3. The molecule has 2 heterocycles. The van der Waals surface area contributed by atoms with Gasteiger partial charge in [-0.15, -0.1) is 0 Å². The molecule has 9 heteroatoms. The van der Waals surface area contributed by atoms with E-state index in [1.165, 1.54) is 0 Å². The number of nitrogens with zero attached hydrogens (tertiary/aromatic N) is 3. The number of ether oxygens (including phenoxy) is 1. The van der Waals surface area contributed by atoms with Gasteiger partial charge in [0, 0.05) is 55.3 Å². The third-order valence-electron chi connectivity index (χ3n) is 5.93. The summed E-state index contributed by atoms with van der Waals surface area (Å²) in [5.41, 5.74) is 3.12. The zero-order chi connectivity index (χ0) is 24.9. The molecule has 1 saturated heterocycles. The van der Waals surface area contributed by atoms with E-state index in [1.807, 2.05) is 19.1 Å². The number of aromatic nitrogens is 1. The fraction of sp³-hybridized carbons (Fsp3) is 0.308. The van der Waals surface area contributed by atoms with E-state index >= 15 is 0 Å². The number of rotatable bonds is 5. The summed E-state index contributed by atoms with van der Waals surface area (Å²) >= 11 is 6.53. The summed E-state index contributed by atoms with van der Waals surface area (Å²) in [7, 11) is 1.58. The van der Waals surface area contributed by atoms with Crippen molar-refractivity contribution in [2.75, 3.05) is 39.8 Å². The molecule has 1 aliphatic heterocycles. The van der Waals surface area contributed by atoms with Crippen molar-refractivity contribution in [2.24, 2.45) is 0 Å². The van der Waals surface area contributed by atoms with E-state index in [2.05, 4.69) is 5.32 Å². The van der Waals surface area contributed by atoms with Crippen LogP contribution in [0.5, 0.6) is 0 Å². The number of nitrogens with one attached hydrogen (secondary N) is 1. The first kappa shape index (κ1) is 24.5. The Balaban J connectivity index is 1.52. The first-order valence-electron chi connectivity index (χ1n) is 11.5. The van der Waals surface area contributed by atoms with Crippen LogP contribution in [0.2, 0.25) is 5.02 Å². The lowest BCUT2D eigenvalue weighted by Crippen LogP contribution is -2.50. The number of amides is 3. The van der Waals surface area contributed by atoms with E-state index in [4.69, 9.17) is 21.3 Å². The Morgan fingerprint density at radius 1 is 0.971 bits per heavy atom. The van der Waals surface area contributed by atoms with Crippen LogP contribution in [0.25, 0.3) is 22.2 Å². The highest BCUT2D eigenvalue weighted by Gasteiger charge is 2.26. The molecule has 0 unspecified atom stereocenters. The molecule has 0 bridgehead atoms. The number of carbonyl (C=O) groups is 3. The molecule has 1 aliphatic rings. The molecule has 8 nitrogen and oxygen atoms in total. The molecular formula is C26H27ClN4O4. The predicted octanol–water partition coefficient (Wildman–Crippen LogP) is 4.22. The summed E-state index contributed by atoms with van der Waals surface area (Å²) in [5.74, 6) is -0.283. The van der Waals surface area contributed by atoms with Crippen molar-refractivity contribution < 1.29 is 19.1 Å². The molecule has 1 fully saturated rings. The highest BCUT2D eigenvalue weighted by atomic mass is 35.5. The molecule has 4 rings (SSSR count). The van der Waals surface area contributed by atoms with Gasteiger partial charge in [0.25, 0.3) is 11.8 Å². The third kappa shape index (κ3) is 5.38. The van der Waals surface area contributed by atoms with Crippen LogP contribution < -0.4 is 5.32 Å². The Hall–Kier alpha value is -3.65. The van der Waals surface area contributed by atoms with Crippen molar-refractivity contribution >= 4 is 40.4 Å². The molecule has 0 spiro atoms. The minimum Gasteiger partial charge on any atom is -0.449 e. The lowest BCUT2D eigenvalue weighted by atomic mass is 10.1. The van der Waals surface area contributed by atoms with E-state index in [1.54, 1.807) is 53.2 Å². The molecule has 2 aromatic carbocycles. The van der Waals surface area contributed by atoms with Gasteiger partial charge >= 0.3 is 6.09 Å². The van der Waals surface area contributed by atoms with Gasteiger partial charge in [-0.05, 0) is 36.8 Å². The van der Waals surface area contributed by atoms with Crippen molar-refractivity contribution in [3.63, 3.8) is 0 Å². The molecule has 0 saturated carbocycles. The lowest BCUT2D eigenvalue weighted by Gasteiger charge is -2.34. The zero-order valence-corrected chi connectivity index (χ0v) is 20.5. The average Bonchev–Trinajstić information content (AvgIpc) is 2.90. The van der Waals surface area contributed by atoms with Crippen LogP contribution in [-0.2, 0) is 4.74 Å². The summed E-state index contributed by atoms with van der Waals surface area (Å²) in [6, 6.07) is 14.2. The second-order valence-corrected chi connectivity index (χ2v) is 8.68. The number of halogens is 1. The molecule has 182 valence electrons.